The molecule has 112 valence electrons. The molecule has 0 spiro atoms. The van der Waals surface area contributed by atoms with Crippen molar-refractivity contribution >= 4 is 12.4 Å². The third-order valence-corrected chi connectivity index (χ3v) is 3.15. The Morgan fingerprint density at radius 2 is 1.71 bits per heavy atom. The third kappa shape index (κ3) is 3.80. The van der Waals surface area contributed by atoms with E-state index in [-0.39, 0.29) is 12.4 Å². The molecule has 1 aliphatic heterocycles. The minimum Gasteiger partial charge on any atom is -0.489 e. The molecule has 1 N–H and O–H groups in total. The van der Waals surface area contributed by atoms with Crippen LogP contribution in [0.3, 0.4) is 0 Å². The molecule has 5 heteroatoms. The predicted octanol–water partition coefficient (Wildman–Crippen LogP) is 3.14. The minimum atomic E-state index is 0. The Hall–Kier alpha value is -1.91. The maximum absolute atomic E-state index is 5.77. The summed E-state index contributed by atoms with van der Waals surface area (Å²) >= 11 is 0. The smallest absolute Gasteiger partial charge is 0.231 e. The van der Waals surface area contributed by atoms with Gasteiger partial charge in [-0.1, -0.05) is 18.2 Å². The number of nitrogens with one attached hydrogen (secondary N) is 1. The number of fused-ring (bicyclic) bond motifs is 1. The van der Waals surface area contributed by atoms with Gasteiger partial charge in [0.2, 0.25) is 6.79 Å². The summed E-state index contributed by atoms with van der Waals surface area (Å²) in [6.07, 6.45) is 0. The number of halogens is 1. The van der Waals surface area contributed by atoms with Gasteiger partial charge < -0.3 is 19.5 Å². The third-order valence-electron chi connectivity index (χ3n) is 3.15. The maximum Gasteiger partial charge on any atom is 0.231 e. The van der Waals surface area contributed by atoms with Crippen molar-refractivity contribution in [2.75, 3.05) is 13.8 Å². The first-order valence-corrected chi connectivity index (χ1v) is 6.60. The number of ether oxygens (including phenoxy) is 3. The summed E-state index contributed by atoms with van der Waals surface area (Å²) in [6.45, 7) is 1.68. The second-order valence-electron chi connectivity index (χ2n) is 4.65. The van der Waals surface area contributed by atoms with Crippen LogP contribution in [0.1, 0.15) is 11.1 Å². The van der Waals surface area contributed by atoms with E-state index in [0.29, 0.717) is 13.4 Å². The van der Waals surface area contributed by atoms with Crippen molar-refractivity contribution in [1.82, 2.24) is 5.32 Å². The molecular weight excluding hydrogens is 290 g/mol. The fourth-order valence-corrected chi connectivity index (χ4v) is 2.11. The highest BCUT2D eigenvalue weighted by atomic mass is 35.5. The van der Waals surface area contributed by atoms with Crippen LogP contribution in [0.2, 0.25) is 0 Å². The lowest BCUT2D eigenvalue weighted by Crippen LogP contribution is -2.04. The van der Waals surface area contributed by atoms with Crippen molar-refractivity contribution in [3.05, 3.63) is 53.6 Å². The summed E-state index contributed by atoms with van der Waals surface area (Å²) in [6, 6.07) is 14.0. The molecule has 1 heterocycles. The largest absolute Gasteiger partial charge is 0.489 e. The predicted molar refractivity (Wildman–Crippen MR) is 83.4 cm³/mol. The standard InChI is InChI=1S/C16H17NO3.ClH/c1-17-9-12-2-5-14(6-3-12)18-10-13-4-7-15-16(8-13)20-11-19-15;/h2-8,17H,9-11H2,1H3;1H. The van der Waals surface area contributed by atoms with Gasteiger partial charge in [0.05, 0.1) is 0 Å². The van der Waals surface area contributed by atoms with Gasteiger partial charge in [-0.3, -0.25) is 0 Å². The van der Waals surface area contributed by atoms with Crippen LogP contribution in [0.5, 0.6) is 17.2 Å². The Bertz CT molecular complexity index is 587. The molecule has 0 amide bonds. The van der Waals surface area contributed by atoms with E-state index in [1.807, 2.05) is 37.4 Å². The van der Waals surface area contributed by atoms with Gasteiger partial charge in [0.1, 0.15) is 12.4 Å². The Morgan fingerprint density at radius 1 is 1.00 bits per heavy atom. The van der Waals surface area contributed by atoms with E-state index >= 15 is 0 Å². The zero-order valence-corrected chi connectivity index (χ0v) is 12.6. The summed E-state index contributed by atoms with van der Waals surface area (Å²) in [5.74, 6) is 2.45. The molecule has 0 saturated heterocycles. The molecule has 2 aromatic carbocycles. The summed E-state index contributed by atoms with van der Waals surface area (Å²) < 4.78 is 16.4. The quantitative estimate of drug-likeness (QED) is 0.921. The SMILES string of the molecule is CNCc1ccc(OCc2ccc3c(c2)OCO3)cc1.Cl. The number of benzene rings is 2. The van der Waals surface area contributed by atoms with Crippen molar-refractivity contribution in [3.8, 4) is 17.2 Å². The molecular formula is C16H18ClNO3. The van der Waals surface area contributed by atoms with Crippen LogP contribution >= 0.6 is 12.4 Å². The molecule has 4 nitrogen and oxygen atoms in total. The van der Waals surface area contributed by atoms with Crippen molar-refractivity contribution in [1.29, 1.82) is 0 Å². The van der Waals surface area contributed by atoms with Crippen molar-refractivity contribution in [3.63, 3.8) is 0 Å². The van der Waals surface area contributed by atoms with E-state index in [1.54, 1.807) is 0 Å². The van der Waals surface area contributed by atoms with Crippen LogP contribution in [0.4, 0.5) is 0 Å². The van der Waals surface area contributed by atoms with Crippen LogP contribution in [0.15, 0.2) is 42.5 Å². The Morgan fingerprint density at radius 3 is 2.48 bits per heavy atom. The molecule has 0 unspecified atom stereocenters. The maximum atomic E-state index is 5.77. The summed E-state index contributed by atoms with van der Waals surface area (Å²) in [4.78, 5) is 0. The van der Waals surface area contributed by atoms with Gasteiger partial charge in [0.15, 0.2) is 11.5 Å². The van der Waals surface area contributed by atoms with Gasteiger partial charge in [-0.2, -0.15) is 0 Å². The van der Waals surface area contributed by atoms with E-state index < -0.39 is 0 Å². The molecule has 2 aromatic rings. The first-order chi connectivity index (χ1) is 9.85. The molecule has 0 atom stereocenters. The van der Waals surface area contributed by atoms with Crippen LogP contribution in [0.25, 0.3) is 0 Å². The van der Waals surface area contributed by atoms with E-state index in [0.717, 1.165) is 29.4 Å². The molecule has 3 rings (SSSR count). The lowest BCUT2D eigenvalue weighted by molar-refractivity contribution is 0.174. The van der Waals surface area contributed by atoms with Crippen LogP contribution in [-0.2, 0) is 13.2 Å². The molecule has 0 fully saturated rings. The summed E-state index contributed by atoms with van der Waals surface area (Å²) in [5.41, 5.74) is 2.30. The van der Waals surface area contributed by atoms with Crippen LogP contribution in [0, 0.1) is 0 Å². The minimum absolute atomic E-state index is 0. The van der Waals surface area contributed by atoms with Crippen LogP contribution in [-0.4, -0.2) is 13.8 Å². The van der Waals surface area contributed by atoms with Gasteiger partial charge in [-0.25, -0.2) is 0 Å². The van der Waals surface area contributed by atoms with Gasteiger partial charge in [-0.15, -0.1) is 12.4 Å². The molecule has 0 bridgehead atoms. The first kappa shape index (κ1) is 15.5. The van der Waals surface area contributed by atoms with E-state index in [4.69, 9.17) is 14.2 Å². The highest BCUT2D eigenvalue weighted by molar-refractivity contribution is 5.85. The first-order valence-electron chi connectivity index (χ1n) is 6.60. The average Bonchev–Trinajstić information content (AvgIpc) is 2.94. The normalized spacial score (nSPS) is 11.9. The number of rotatable bonds is 5. The molecule has 0 aliphatic carbocycles. The van der Waals surface area contributed by atoms with E-state index in [9.17, 15) is 0 Å². The van der Waals surface area contributed by atoms with Crippen molar-refractivity contribution < 1.29 is 14.2 Å². The topological polar surface area (TPSA) is 39.7 Å². The molecule has 0 saturated carbocycles. The van der Waals surface area contributed by atoms with Gasteiger partial charge in [0.25, 0.3) is 0 Å². The van der Waals surface area contributed by atoms with Crippen LogP contribution < -0.4 is 19.5 Å². The fraction of sp³-hybridized carbons (Fsp3) is 0.250. The van der Waals surface area contributed by atoms with Gasteiger partial charge >= 0.3 is 0 Å². The van der Waals surface area contributed by atoms with Crippen molar-refractivity contribution in [2.24, 2.45) is 0 Å². The average molecular weight is 308 g/mol. The number of hydrogen-bond donors (Lipinski definition) is 1. The second kappa shape index (κ2) is 7.20. The van der Waals surface area contributed by atoms with Gasteiger partial charge in [0, 0.05) is 6.54 Å². The summed E-state index contributed by atoms with van der Waals surface area (Å²) in [7, 11) is 1.93. The molecule has 0 aromatic heterocycles. The molecule has 0 radical (unpaired) electrons. The number of hydrogen-bond acceptors (Lipinski definition) is 4. The lowest BCUT2D eigenvalue weighted by Gasteiger charge is -2.08. The molecule has 21 heavy (non-hydrogen) atoms. The summed E-state index contributed by atoms with van der Waals surface area (Å²) in [5, 5.41) is 3.12. The second-order valence-corrected chi connectivity index (χ2v) is 4.65. The fourth-order valence-electron chi connectivity index (χ4n) is 2.11. The Balaban J connectivity index is 0.00000161. The molecule has 1 aliphatic rings. The Kier molecular flexibility index (Phi) is 5.31. The highest BCUT2D eigenvalue weighted by Gasteiger charge is 2.13. The Labute approximate surface area is 130 Å². The highest BCUT2D eigenvalue weighted by Crippen LogP contribution is 2.32. The lowest BCUT2D eigenvalue weighted by atomic mass is 10.2. The zero-order chi connectivity index (χ0) is 13.8. The van der Waals surface area contributed by atoms with Gasteiger partial charge in [-0.05, 0) is 42.4 Å². The zero-order valence-electron chi connectivity index (χ0n) is 11.8. The van der Waals surface area contributed by atoms with E-state index in [2.05, 4.69) is 17.4 Å². The van der Waals surface area contributed by atoms with Crippen molar-refractivity contribution in [2.45, 2.75) is 13.2 Å². The monoisotopic (exact) mass is 307 g/mol. The van der Waals surface area contributed by atoms with E-state index in [1.165, 1.54) is 5.56 Å².